The van der Waals surface area contributed by atoms with E-state index in [2.05, 4.69) is 21.0 Å². The number of rotatable bonds is 5. The summed E-state index contributed by atoms with van der Waals surface area (Å²) in [6, 6.07) is 6.27. The van der Waals surface area contributed by atoms with E-state index in [9.17, 15) is 14.7 Å². The van der Waals surface area contributed by atoms with Crippen LogP contribution in [0.2, 0.25) is 15.1 Å². The van der Waals surface area contributed by atoms with Crippen LogP contribution in [0.25, 0.3) is 4.85 Å². The van der Waals surface area contributed by atoms with Gasteiger partial charge < -0.3 is 10.4 Å². The lowest BCUT2D eigenvalue weighted by Crippen LogP contribution is -2.52. The third-order valence-electron chi connectivity index (χ3n) is 4.04. The van der Waals surface area contributed by atoms with Crippen LogP contribution in [-0.2, 0) is 4.79 Å². The Morgan fingerprint density at radius 2 is 1.79 bits per heavy atom. The normalized spacial score (nSPS) is 12.4. The standard InChI is InChI=1S/C19H17Cl3N4O3/c1-9-14(6-7-15(23-3)16(9)22)24-17(10(2)27)19(29)26-25-18(28)11-4-5-12(20)13(21)8-11/h4-8,10,17,24,27H,1-2H3,(H,25,28)(H,26,29)/t10-,17+/m0/s1. The van der Waals surface area contributed by atoms with Crippen molar-refractivity contribution in [2.75, 3.05) is 5.32 Å². The Labute approximate surface area is 182 Å². The summed E-state index contributed by atoms with van der Waals surface area (Å²) in [5.41, 5.74) is 6.01. The summed E-state index contributed by atoms with van der Waals surface area (Å²) in [4.78, 5) is 28.0. The van der Waals surface area contributed by atoms with E-state index < -0.39 is 24.0 Å². The van der Waals surface area contributed by atoms with Crippen LogP contribution >= 0.6 is 34.8 Å². The van der Waals surface area contributed by atoms with Crippen LogP contribution < -0.4 is 16.2 Å². The predicted octanol–water partition coefficient (Wildman–Crippen LogP) is 4.13. The average molecular weight is 456 g/mol. The van der Waals surface area contributed by atoms with E-state index in [1.165, 1.54) is 31.2 Å². The van der Waals surface area contributed by atoms with Crippen LogP contribution in [0.15, 0.2) is 30.3 Å². The first-order valence-electron chi connectivity index (χ1n) is 8.32. The lowest BCUT2D eigenvalue weighted by Gasteiger charge is -2.23. The van der Waals surface area contributed by atoms with Crippen LogP contribution in [0, 0.1) is 13.5 Å². The minimum atomic E-state index is -1.10. The predicted molar refractivity (Wildman–Crippen MR) is 114 cm³/mol. The summed E-state index contributed by atoms with van der Waals surface area (Å²) in [5.74, 6) is -1.29. The maximum Gasteiger partial charge on any atom is 0.269 e. The molecule has 0 aliphatic carbocycles. The molecule has 0 aliphatic rings. The molecular weight excluding hydrogens is 439 g/mol. The van der Waals surface area contributed by atoms with Gasteiger partial charge in [-0.1, -0.05) is 40.9 Å². The fourth-order valence-corrected chi connectivity index (χ4v) is 2.90. The highest BCUT2D eigenvalue weighted by atomic mass is 35.5. The van der Waals surface area contributed by atoms with Crippen LogP contribution in [-0.4, -0.2) is 29.1 Å². The quantitative estimate of drug-likeness (QED) is 0.403. The largest absolute Gasteiger partial charge is 0.391 e. The monoisotopic (exact) mass is 454 g/mol. The van der Waals surface area contributed by atoms with E-state index in [0.29, 0.717) is 16.3 Å². The highest BCUT2D eigenvalue weighted by Gasteiger charge is 2.25. The molecule has 29 heavy (non-hydrogen) atoms. The molecule has 0 unspecified atom stereocenters. The van der Waals surface area contributed by atoms with Gasteiger partial charge >= 0.3 is 0 Å². The fourth-order valence-electron chi connectivity index (χ4n) is 2.39. The van der Waals surface area contributed by atoms with Gasteiger partial charge in [0.25, 0.3) is 11.8 Å². The first kappa shape index (κ1) is 22.8. The lowest BCUT2D eigenvalue weighted by atomic mass is 10.1. The minimum Gasteiger partial charge on any atom is -0.391 e. The second kappa shape index (κ2) is 9.81. The number of hydrogen-bond donors (Lipinski definition) is 4. The molecule has 0 spiro atoms. The number of nitrogens with zero attached hydrogens (tertiary/aromatic N) is 1. The minimum absolute atomic E-state index is 0.193. The lowest BCUT2D eigenvalue weighted by molar-refractivity contribution is -0.124. The number of halogens is 3. The summed E-state index contributed by atoms with van der Waals surface area (Å²) in [6.45, 7) is 10.2. The molecule has 0 aromatic heterocycles. The molecule has 0 saturated heterocycles. The molecule has 4 N–H and O–H groups in total. The Morgan fingerprint density at radius 3 is 2.38 bits per heavy atom. The van der Waals surface area contributed by atoms with E-state index in [1.807, 2.05) is 0 Å². The summed E-state index contributed by atoms with van der Waals surface area (Å²) in [5, 5.41) is 13.6. The number of aliphatic hydroxyl groups excluding tert-OH is 1. The van der Waals surface area contributed by atoms with Crippen molar-refractivity contribution in [2.24, 2.45) is 0 Å². The zero-order valence-corrected chi connectivity index (χ0v) is 17.7. The number of carbonyl (C=O) groups is 2. The number of hydrogen-bond acceptors (Lipinski definition) is 4. The molecular formula is C19H17Cl3N4O3. The number of amides is 2. The van der Waals surface area contributed by atoms with Crippen molar-refractivity contribution in [3.8, 4) is 0 Å². The third kappa shape index (κ3) is 5.52. The Morgan fingerprint density at radius 1 is 1.10 bits per heavy atom. The van der Waals surface area contributed by atoms with E-state index in [-0.39, 0.29) is 21.3 Å². The van der Waals surface area contributed by atoms with E-state index >= 15 is 0 Å². The Kier molecular flexibility index (Phi) is 7.71. The topological polar surface area (TPSA) is 94.8 Å². The van der Waals surface area contributed by atoms with Gasteiger partial charge in [0, 0.05) is 11.3 Å². The Bertz CT molecular complexity index is 989. The van der Waals surface area contributed by atoms with E-state index in [0.717, 1.165) is 0 Å². The Balaban J connectivity index is 2.10. The van der Waals surface area contributed by atoms with Crippen molar-refractivity contribution in [2.45, 2.75) is 26.0 Å². The first-order chi connectivity index (χ1) is 13.6. The second-order valence-electron chi connectivity index (χ2n) is 6.12. The van der Waals surface area contributed by atoms with Gasteiger partial charge in [-0.15, -0.1) is 0 Å². The molecule has 0 heterocycles. The second-order valence-corrected chi connectivity index (χ2v) is 7.31. The number of benzene rings is 2. The van der Waals surface area contributed by atoms with Crippen molar-refractivity contribution in [1.82, 2.24) is 10.9 Å². The summed E-state index contributed by atoms with van der Waals surface area (Å²) in [7, 11) is 0. The van der Waals surface area contributed by atoms with Gasteiger partial charge in [-0.3, -0.25) is 20.4 Å². The number of nitrogens with one attached hydrogen (secondary N) is 3. The van der Waals surface area contributed by atoms with Gasteiger partial charge in [-0.2, -0.15) is 0 Å². The highest BCUT2D eigenvalue weighted by molar-refractivity contribution is 6.42. The van der Waals surface area contributed by atoms with Gasteiger partial charge in [0.2, 0.25) is 5.69 Å². The molecule has 7 nitrogen and oxygen atoms in total. The van der Waals surface area contributed by atoms with Gasteiger partial charge in [-0.05, 0) is 43.7 Å². The first-order valence-corrected chi connectivity index (χ1v) is 9.45. The molecule has 2 amide bonds. The molecule has 0 radical (unpaired) electrons. The van der Waals surface area contributed by atoms with Crippen LogP contribution in [0.3, 0.4) is 0 Å². The molecule has 2 aromatic rings. The van der Waals surface area contributed by atoms with E-state index in [4.69, 9.17) is 41.4 Å². The van der Waals surface area contributed by atoms with Gasteiger partial charge in [0.1, 0.15) is 6.04 Å². The van der Waals surface area contributed by atoms with Crippen molar-refractivity contribution in [3.63, 3.8) is 0 Å². The van der Waals surface area contributed by atoms with Crippen molar-refractivity contribution < 1.29 is 14.7 Å². The highest BCUT2D eigenvalue weighted by Crippen LogP contribution is 2.33. The van der Waals surface area contributed by atoms with Crippen molar-refractivity contribution >= 4 is 58.0 Å². The molecule has 0 saturated carbocycles. The number of aliphatic hydroxyl groups is 1. The van der Waals surface area contributed by atoms with Crippen LogP contribution in [0.4, 0.5) is 11.4 Å². The molecule has 0 fully saturated rings. The van der Waals surface area contributed by atoms with Gasteiger partial charge in [0.15, 0.2) is 0 Å². The van der Waals surface area contributed by atoms with E-state index in [1.54, 1.807) is 13.0 Å². The average Bonchev–Trinajstić information content (AvgIpc) is 2.68. The van der Waals surface area contributed by atoms with Crippen molar-refractivity contribution in [1.29, 1.82) is 0 Å². The molecule has 152 valence electrons. The number of hydrazine groups is 1. The van der Waals surface area contributed by atoms with Gasteiger partial charge in [0.05, 0.1) is 27.7 Å². The molecule has 2 rings (SSSR count). The maximum atomic E-state index is 12.5. The van der Waals surface area contributed by atoms with Gasteiger partial charge in [-0.25, -0.2) is 4.85 Å². The fraction of sp³-hybridized carbons (Fsp3) is 0.211. The summed E-state index contributed by atoms with van der Waals surface area (Å²) < 4.78 is 0. The zero-order chi connectivity index (χ0) is 21.7. The van der Waals surface area contributed by atoms with Crippen LogP contribution in [0.1, 0.15) is 22.8 Å². The molecule has 0 bridgehead atoms. The SMILES string of the molecule is [C-]#[N+]c1ccc(N[C@@H](C(=O)NNC(=O)c2ccc(Cl)c(Cl)c2)[C@H](C)O)c(C)c1Cl. The molecule has 2 aromatic carbocycles. The number of anilines is 1. The molecule has 10 heteroatoms. The zero-order valence-electron chi connectivity index (χ0n) is 15.4. The van der Waals surface area contributed by atoms with Crippen molar-refractivity contribution in [3.05, 3.63) is 67.9 Å². The van der Waals surface area contributed by atoms with Crippen LogP contribution in [0.5, 0.6) is 0 Å². The number of carbonyl (C=O) groups excluding carboxylic acids is 2. The maximum absolute atomic E-state index is 12.5. The molecule has 0 aliphatic heterocycles. The summed E-state index contributed by atoms with van der Waals surface area (Å²) >= 11 is 17.8. The summed E-state index contributed by atoms with van der Waals surface area (Å²) in [6.07, 6.45) is -1.10. The molecule has 2 atom stereocenters. The smallest absolute Gasteiger partial charge is 0.269 e. The third-order valence-corrected chi connectivity index (χ3v) is 5.26. The Hall–Kier alpha value is -2.50.